The molecule has 0 unspecified atom stereocenters. The maximum Gasteiger partial charge on any atom is 0.114 e. The Balaban J connectivity index is 2.28. The number of rotatable bonds is 1. The summed E-state index contributed by atoms with van der Waals surface area (Å²) in [5.41, 5.74) is 12.2. The molecule has 24 heavy (non-hydrogen) atoms. The van der Waals surface area contributed by atoms with Gasteiger partial charge >= 0.3 is 0 Å². The molecule has 0 aliphatic carbocycles. The Labute approximate surface area is 154 Å². The van der Waals surface area contributed by atoms with Gasteiger partial charge in [-0.1, -0.05) is 0 Å². The first kappa shape index (κ1) is 14.6. The number of nitrogens with two attached hydrogens (primary N) is 1. The predicted molar refractivity (Wildman–Crippen MR) is 109 cm³/mol. The molecule has 0 aliphatic rings. The van der Waals surface area contributed by atoms with Gasteiger partial charge in [-0.2, -0.15) is 13.1 Å². The number of hydrogen-bond acceptors (Lipinski definition) is 8. The zero-order chi connectivity index (χ0) is 16.6. The molecule has 2 aromatic carbocycles. The van der Waals surface area contributed by atoms with Crippen LogP contribution < -0.4 is 5.73 Å². The van der Waals surface area contributed by atoms with Crippen molar-refractivity contribution >= 4 is 100 Å². The second-order valence-electron chi connectivity index (χ2n) is 5.81. The second-order valence-corrected chi connectivity index (χ2v) is 8.28. The van der Waals surface area contributed by atoms with Crippen LogP contribution in [0.3, 0.4) is 0 Å². The molecular formula is C16H10N4S4. The number of nitrogen functional groups attached to an aromatic ring is 1. The van der Waals surface area contributed by atoms with Crippen LogP contribution in [-0.4, -0.2) is 8.75 Å². The van der Waals surface area contributed by atoms with Crippen LogP contribution in [0.5, 0.6) is 0 Å². The minimum atomic E-state index is 0.649. The third kappa shape index (κ3) is 1.61. The van der Waals surface area contributed by atoms with Gasteiger partial charge in [-0.3, -0.25) is 0 Å². The van der Waals surface area contributed by atoms with Crippen LogP contribution in [0.4, 0.5) is 11.4 Å². The van der Waals surface area contributed by atoms with E-state index in [1.165, 1.54) is 17.3 Å². The summed E-state index contributed by atoms with van der Waals surface area (Å²) in [7, 11) is 0. The molecule has 5 aromatic rings. The van der Waals surface area contributed by atoms with E-state index in [1.807, 2.05) is 0 Å². The van der Waals surface area contributed by atoms with Crippen molar-refractivity contribution in [1.82, 2.24) is 8.75 Å². The normalized spacial score (nSPS) is 12.1. The number of nitrogens with zero attached hydrogens (tertiary/aromatic N) is 3. The van der Waals surface area contributed by atoms with Crippen molar-refractivity contribution in [2.45, 2.75) is 13.8 Å². The lowest BCUT2D eigenvalue weighted by atomic mass is 9.98. The van der Waals surface area contributed by atoms with Gasteiger partial charge in [0, 0.05) is 43.4 Å². The zero-order valence-corrected chi connectivity index (χ0v) is 16.0. The summed E-state index contributed by atoms with van der Waals surface area (Å²) in [4.78, 5) is 0. The number of hydrogen-bond donors (Lipinski definition) is 1. The van der Waals surface area contributed by atoms with Crippen molar-refractivity contribution in [3.63, 3.8) is 0 Å². The average molecular weight is 387 g/mol. The number of thiophene rings is 2. The van der Waals surface area contributed by atoms with Gasteiger partial charge in [0.2, 0.25) is 0 Å². The van der Waals surface area contributed by atoms with E-state index in [-0.39, 0.29) is 0 Å². The molecule has 0 saturated heterocycles. The highest BCUT2D eigenvalue weighted by molar-refractivity contribution is 7.47. The number of anilines is 1. The molecule has 0 atom stereocenters. The molecule has 4 nitrogen and oxygen atoms in total. The predicted octanol–water partition coefficient (Wildman–Crippen LogP) is 5.83. The van der Waals surface area contributed by atoms with Gasteiger partial charge in [0.05, 0.1) is 17.4 Å². The first-order valence-corrected chi connectivity index (χ1v) is 10.1. The third-order valence-corrected chi connectivity index (χ3v) is 7.41. The first-order valence-electron chi connectivity index (χ1n) is 7.21. The molecule has 0 radical (unpaired) electrons. The van der Waals surface area contributed by atoms with Crippen molar-refractivity contribution in [2.24, 2.45) is 4.36 Å². The maximum absolute atomic E-state index is 6.56. The number of benzene rings is 2. The summed E-state index contributed by atoms with van der Waals surface area (Å²) in [5, 5.41) is 8.56. The molecule has 0 amide bonds. The van der Waals surface area contributed by atoms with Gasteiger partial charge in [-0.25, -0.2) is 0 Å². The molecular weight excluding hydrogens is 376 g/mol. The SMILES string of the molecule is Cc1csc2c1c(N=S)c(N)c1c3scc(C)c3c3nsnc3c21. The molecule has 2 N–H and O–H groups in total. The molecule has 0 saturated carbocycles. The summed E-state index contributed by atoms with van der Waals surface area (Å²) >= 11 is 9.70. The van der Waals surface area contributed by atoms with Crippen LogP contribution in [-0.2, 0) is 12.4 Å². The Morgan fingerprint density at radius 2 is 1.50 bits per heavy atom. The van der Waals surface area contributed by atoms with Gasteiger partial charge in [-0.05, 0) is 35.7 Å². The molecule has 0 fully saturated rings. The molecule has 5 rings (SSSR count). The van der Waals surface area contributed by atoms with Crippen molar-refractivity contribution in [3.8, 4) is 0 Å². The Morgan fingerprint density at radius 1 is 0.917 bits per heavy atom. The van der Waals surface area contributed by atoms with Crippen LogP contribution in [0.1, 0.15) is 11.1 Å². The van der Waals surface area contributed by atoms with Crippen molar-refractivity contribution < 1.29 is 0 Å². The number of aromatic nitrogens is 2. The Morgan fingerprint density at radius 3 is 2.17 bits per heavy atom. The van der Waals surface area contributed by atoms with E-state index >= 15 is 0 Å². The van der Waals surface area contributed by atoms with E-state index in [1.54, 1.807) is 22.7 Å². The van der Waals surface area contributed by atoms with Crippen LogP contribution in [0, 0.1) is 13.8 Å². The van der Waals surface area contributed by atoms with Crippen LogP contribution in [0.25, 0.3) is 42.0 Å². The summed E-state index contributed by atoms with van der Waals surface area (Å²) in [5.74, 6) is 0. The van der Waals surface area contributed by atoms with Crippen LogP contribution >= 0.6 is 34.4 Å². The standard InChI is InChI=1S/C16H10N4S4/c1-5-3-23-16-7(5)12(18-21)11(17)9-10(16)14-13(19-24-20-14)8-6(2)4-22-15(8)9/h3-4H,17H2,1-2H3. The minimum absolute atomic E-state index is 0.649. The molecule has 0 spiro atoms. The lowest BCUT2D eigenvalue weighted by Gasteiger charge is -2.10. The molecule has 118 valence electrons. The summed E-state index contributed by atoms with van der Waals surface area (Å²) in [6.07, 6.45) is 0. The largest absolute Gasteiger partial charge is 0.396 e. The topological polar surface area (TPSA) is 64.2 Å². The van der Waals surface area contributed by atoms with Crippen LogP contribution in [0.15, 0.2) is 15.1 Å². The fourth-order valence-electron chi connectivity index (χ4n) is 3.42. The maximum atomic E-state index is 6.56. The summed E-state index contributed by atoms with van der Waals surface area (Å²) in [6.45, 7) is 4.17. The highest BCUT2D eigenvalue weighted by Crippen LogP contribution is 2.50. The molecule has 8 heteroatoms. The Kier molecular flexibility index (Phi) is 2.97. The second kappa shape index (κ2) is 4.89. The van der Waals surface area contributed by atoms with E-state index in [9.17, 15) is 0 Å². The average Bonchev–Trinajstić information content (AvgIpc) is 3.27. The van der Waals surface area contributed by atoms with Crippen molar-refractivity contribution in [1.29, 1.82) is 0 Å². The highest BCUT2D eigenvalue weighted by Gasteiger charge is 2.23. The van der Waals surface area contributed by atoms with E-state index < -0.39 is 0 Å². The number of fused-ring (bicyclic) bond motifs is 8. The minimum Gasteiger partial charge on any atom is -0.396 e. The molecule has 3 aromatic heterocycles. The quantitative estimate of drug-likeness (QED) is 0.368. The molecule has 3 heterocycles. The lowest BCUT2D eigenvalue weighted by molar-refractivity contribution is 1.57. The van der Waals surface area contributed by atoms with Gasteiger partial charge in [0.15, 0.2) is 0 Å². The van der Waals surface area contributed by atoms with E-state index in [4.69, 9.17) is 18.2 Å². The van der Waals surface area contributed by atoms with Gasteiger partial charge in [-0.15, -0.1) is 22.7 Å². The first-order chi connectivity index (χ1) is 11.6. The smallest absolute Gasteiger partial charge is 0.114 e. The van der Waals surface area contributed by atoms with Gasteiger partial charge in [0.25, 0.3) is 0 Å². The number of aryl methyl sites for hydroxylation is 2. The fourth-order valence-corrected chi connectivity index (χ4v) is 6.39. The lowest BCUT2D eigenvalue weighted by Crippen LogP contribution is -1.91. The van der Waals surface area contributed by atoms with Crippen molar-refractivity contribution in [2.75, 3.05) is 5.73 Å². The van der Waals surface area contributed by atoms with Gasteiger partial charge < -0.3 is 5.73 Å². The summed E-state index contributed by atoms with van der Waals surface area (Å²) < 4.78 is 15.6. The molecule has 0 aliphatic heterocycles. The van der Waals surface area contributed by atoms with Crippen LogP contribution in [0.2, 0.25) is 0 Å². The molecule has 0 bridgehead atoms. The zero-order valence-electron chi connectivity index (χ0n) is 12.7. The van der Waals surface area contributed by atoms with Gasteiger partial charge in [0.1, 0.15) is 16.7 Å². The summed E-state index contributed by atoms with van der Waals surface area (Å²) in [6, 6.07) is 0. The fraction of sp³-hybridized carbons (Fsp3) is 0.125. The third-order valence-electron chi connectivity index (χ3n) is 4.47. The van der Waals surface area contributed by atoms with E-state index in [2.05, 4.69) is 37.7 Å². The van der Waals surface area contributed by atoms with Crippen molar-refractivity contribution in [3.05, 3.63) is 21.9 Å². The highest BCUT2D eigenvalue weighted by atomic mass is 32.1. The Bertz CT molecular complexity index is 1310. The van der Waals surface area contributed by atoms with E-state index in [0.717, 1.165) is 47.5 Å². The monoisotopic (exact) mass is 386 g/mol. The Hall–Kier alpha value is -1.74. The van der Waals surface area contributed by atoms with E-state index in [0.29, 0.717) is 11.4 Å².